The third kappa shape index (κ3) is 4.35. The van der Waals surface area contributed by atoms with E-state index in [1.54, 1.807) is 39.0 Å². The Morgan fingerprint density at radius 3 is 2.83 bits per heavy atom. The van der Waals surface area contributed by atoms with Gasteiger partial charge in [-0.15, -0.1) is 0 Å². The van der Waals surface area contributed by atoms with Crippen LogP contribution in [0.5, 0.6) is 0 Å². The zero-order valence-corrected chi connectivity index (χ0v) is 13.9. The standard InChI is InChI=1S/C17H17ClN2O3/c1-4-23-16(21)15-13(8-9-17(2,3)22)14(19-20-15)11-6-5-7-12(18)10-11/h5-7,10,22H,4H2,1-3H3,(H,19,20). The van der Waals surface area contributed by atoms with E-state index < -0.39 is 11.6 Å². The maximum Gasteiger partial charge on any atom is 0.357 e. The molecule has 0 aliphatic heterocycles. The first-order valence-corrected chi connectivity index (χ1v) is 7.46. The Morgan fingerprint density at radius 1 is 1.48 bits per heavy atom. The van der Waals surface area contributed by atoms with E-state index in [0.29, 0.717) is 21.8 Å². The summed E-state index contributed by atoms with van der Waals surface area (Å²) in [5, 5.41) is 17.2. The molecule has 0 unspecified atom stereocenters. The van der Waals surface area contributed by atoms with E-state index in [0.717, 1.165) is 0 Å². The van der Waals surface area contributed by atoms with Crippen LogP contribution in [0.3, 0.4) is 0 Å². The molecule has 0 fully saturated rings. The number of aliphatic hydroxyl groups is 1. The Hall–Kier alpha value is -2.29. The maximum absolute atomic E-state index is 12.1. The third-order valence-electron chi connectivity index (χ3n) is 2.84. The van der Waals surface area contributed by atoms with Gasteiger partial charge in [0.15, 0.2) is 5.69 Å². The van der Waals surface area contributed by atoms with Crippen molar-refractivity contribution in [2.45, 2.75) is 26.4 Å². The summed E-state index contributed by atoms with van der Waals surface area (Å²) >= 11 is 6.01. The van der Waals surface area contributed by atoms with Gasteiger partial charge in [-0.2, -0.15) is 5.10 Å². The number of nitrogens with one attached hydrogen (secondary N) is 1. The number of hydrogen-bond donors (Lipinski definition) is 2. The molecule has 0 bridgehead atoms. The fraction of sp³-hybridized carbons (Fsp3) is 0.294. The van der Waals surface area contributed by atoms with E-state index in [-0.39, 0.29) is 12.3 Å². The van der Waals surface area contributed by atoms with Gasteiger partial charge in [-0.3, -0.25) is 5.10 Å². The summed E-state index contributed by atoms with van der Waals surface area (Å²) in [6.07, 6.45) is 0. The highest BCUT2D eigenvalue weighted by molar-refractivity contribution is 6.30. The molecule has 1 aromatic heterocycles. The molecule has 2 aromatic rings. The first-order chi connectivity index (χ1) is 10.8. The monoisotopic (exact) mass is 332 g/mol. The molecule has 0 saturated heterocycles. The summed E-state index contributed by atoms with van der Waals surface area (Å²) < 4.78 is 5.01. The summed E-state index contributed by atoms with van der Waals surface area (Å²) in [5.74, 6) is 4.96. The Labute approximate surface area is 139 Å². The van der Waals surface area contributed by atoms with Gasteiger partial charge in [0.1, 0.15) is 11.3 Å². The lowest BCUT2D eigenvalue weighted by atomic mass is 10.0. The van der Waals surface area contributed by atoms with Gasteiger partial charge in [0.25, 0.3) is 0 Å². The molecule has 0 atom stereocenters. The van der Waals surface area contributed by atoms with E-state index in [2.05, 4.69) is 22.0 Å². The molecule has 1 heterocycles. The third-order valence-corrected chi connectivity index (χ3v) is 3.07. The highest BCUT2D eigenvalue weighted by atomic mass is 35.5. The van der Waals surface area contributed by atoms with E-state index in [9.17, 15) is 9.90 Å². The Balaban J connectivity index is 2.58. The van der Waals surface area contributed by atoms with Gasteiger partial charge in [0.2, 0.25) is 0 Å². The average molecular weight is 333 g/mol. The summed E-state index contributed by atoms with van der Waals surface area (Å²) in [7, 11) is 0. The van der Waals surface area contributed by atoms with Crippen LogP contribution in [0, 0.1) is 11.8 Å². The average Bonchev–Trinajstić information content (AvgIpc) is 2.88. The van der Waals surface area contributed by atoms with Gasteiger partial charge in [-0.1, -0.05) is 35.6 Å². The van der Waals surface area contributed by atoms with Crippen LogP contribution in [-0.2, 0) is 4.74 Å². The number of aromatic amines is 1. The van der Waals surface area contributed by atoms with Crippen molar-refractivity contribution in [3.8, 4) is 23.1 Å². The number of carbonyl (C=O) groups is 1. The molecular formula is C17H17ClN2O3. The molecule has 2 rings (SSSR count). The van der Waals surface area contributed by atoms with Crippen molar-refractivity contribution < 1.29 is 14.6 Å². The fourth-order valence-corrected chi connectivity index (χ4v) is 2.07. The molecular weight excluding hydrogens is 316 g/mol. The van der Waals surface area contributed by atoms with E-state index in [1.165, 1.54) is 0 Å². The number of carbonyl (C=O) groups excluding carboxylic acids is 1. The predicted octanol–water partition coefficient (Wildman–Crippen LogP) is 3.03. The van der Waals surface area contributed by atoms with Crippen molar-refractivity contribution in [1.82, 2.24) is 10.2 Å². The van der Waals surface area contributed by atoms with E-state index in [1.807, 2.05) is 6.07 Å². The summed E-state index contributed by atoms with van der Waals surface area (Å²) in [5.41, 5.74) is 0.512. The first-order valence-electron chi connectivity index (χ1n) is 7.09. The zero-order chi connectivity index (χ0) is 17.0. The maximum atomic E-state index is 12.1. The van der Waals surface area contributed by atoms with Crippen molar-refractivity contribution in [2.75, 3.05) is 6.61 Å². The molecule has 2 N–H and O–H groups in total. The number of halogens is 1. The molecule has 5 nitrogen and oxygen atoms in total. The molecule has 0 aliphatic carbocycles. The fourth-order valence-electron chi connectivity index (χ4n) is 1.87. The normalized spacial score (nSPS) is 10.8. The number of hydrogen-bond acceptors (Lipinski definition) is 4. The molecule has 120 valence electrons. The largest absolute Gasteiger partial charge is 0.461 e. The SMILES string of the molecule is CCOC(=O)c1[nH]nc(-c2cccc(Cl)c2)c1C#CC(C)(C)O. The molecule has 0 radical (unpaired) electrons. The van der Waals surface area contributed by atoms with Crippen LogP contribution < -0.4 is 0 Å². The quantitative estimate of drug-likeness (QED) is 0.669. The van der Waals surface area contributed by atoms with Gasteiger partial charge in [0.05, 0.1) is 12.2 Å². The second kappa shape index (κ2) is 6.86. The minimum atomic E-state index is -1.20. The second-order valence-corrected chi connectivity index (χ2v) is 5.80. The van der Waals surface area contributed by atoms with Crippen molar-refractivity contribution in [2.24, 2.45) is 0 Å². The molecule has 0 saturated carbocycles. The molecule has 6 heteroatoms. The Bertz CT molecular complexity index is 779. The van der Waals surface area contributed by atoms with E-state index in [4.69, 9.17) is 16.3 Å². The van der Waals surface area contributed by atoms with E-state index >= 15 is 0 Å². The number of aromatic nitrogens is 2. The molecule has 0 aliphatic rings. The van der Waals surface area contributed by atoms with Gasteiger partial charge >= 0.3 is 5.97 Å². The number of rotatable bonds is 3. The minimum absolute atomic E-state index is 0.151. The van der Waals surface area contributed by atoms with Crippen LogP contribution in [0.15, 0.2) is 24.3 Å². The smallest absolute Gasteiger partial charge is 0.357 e. The number of ether oxygens (including phenoxy) is 1. The van der Waals surface area contributed by atoms with Crippen molar-refractivity contribution in [3.05, 3.63) is 40.5 Å². The van der Waals surface area contributed by atoms with Crippen LogP contribution in [0.1, 0.15) is 36.8 Å². The van der Waals surface area contributed by atoms with Crippen LogP contribution >= 0.6 is 11.6 Å². The topological polar surface area (TPSA) is 75.2 Å². The lowest BCUT2D eigenvalue weighted by Crippen LogP contribution is -2.15. The van der Waals surface area contributed by atoms with Crippen LogP contribution in [0.25, 0.3) is 11.3 Å². The number of nitrogens with zero attached hydrogens (tertiary/aromatic N) is 1. The lowest BCUT2D eigenvalue weighted by Gasteiger charge is -2.06. The Morgan fingerprint density at radius 2 is 2.22 bits per heavy atom. The summed E-state index contributed by atoms with van der Waals surface area (Å²) in [6.45, 7) is 5.07. The molecule has 23 heavy (non-hydrogen) atoms. The first kappa shape index (κ1) is 17.1. The predicted molar refractivity (Wildman–Crippen MR) is 88.2 cm³/mol. The Kier molecular flexibility index (Phi) is 5.09. The van der Waals surface area contributed by atoms with Gasteiger partial charge in [-0.05, 0) is 32.9 Å². The number of H-pyrrole nitrogens is 1. The molecule has 1 aromatic carbocycles. The van der Waals surface area contributed by atoms with Crippen molar-refractivity contribution in [3.63, 3.8) is 0 Å². The summed E-state index contributed by atoms with van der Waals surface area (Å²) in [6, 6.07) is 7.06. The highest BCUT2D eigenvalue weighted by Gasteiger charge is 2.20. The second-order valence-electron chi connectivity index (χ2n) is 5.36. The van der Waals surface area contributed by atoms with Crippen molar-refractivity contribution >= 4 is 17.6 Å². The number of benzene rings is 1. The van der Waals surface area contributed by atoms with Gasteiger partial charge in [-0.25, -0.2) is 4.79 Å². The number of esters is 1. The highest BCUT2D eigenvalue weighted by Crippen LogP contribution is 2.26. The lowest BCUT2D eigenvalue weighted by molar-refractivity contribution is 0.0519. The van der Waals surface area contributed by atoms with Crippen LogP contribution in [-0.4, -0.2) is 33.5 Å². The summed E-state index contributed by atoms with van der Waals surface area (Å²) in [4.78, 5) is 12.1. The molecule has 0 amide bonds. The van der Waals surface area contributed by atoms with Gasteiger partial charge < -0.3 is 9.84 Å². The minimum Gasteiger partial charge on any atom is -0.461 e. The molecule has 0 spiro atoms. The van der Waals surface area contributed by atoms with Gasteiger partial charge in [0, 0.05) is 10.6 Å². The zero-order valence-electron chi connectivity index (χ0n) is 13.1. The van der Waals surface area contributed by atoms with Crippen molar-refractivity contribution in [1.29, 1.82) is 0 Å². The van der Waals surface area contributed by atoms with Crippen LogP contribution in [0.4, 0.5) is 0 Å². The van der Waals surface area contributed by atoms with Crippen LogP contribution in [0.2, 0.25) is 5.02 Å².